The molecule has 8 nitrogen and oxygen atoms in total. The molecule has 8 heteroatoms. The van der Waals surface area contributed by atoms with Crippen molar-refractivity contribution in [2.75, 3.05) is 14.2 Å². The molecule has 0 aromatic carbocycles. The quantitative estimate of drug-likeness (QED) is 0.414. The molecule has 0 unspecified atom stereocenters. The van der Waals surface area contributed by atoms with Crippen LogP contribution in [-0.2, 0) is 33.3 Å². The summed E-state index contributed by atoms with van der Waals surface area (Å²) in [6.07, 6.45) is 3.78. The number of carbonyl (C=O) groups is 3. The number of fused-ring (bicyclic) bond motifs is 2. The second-order valence-corrected chi connectivity index (χ2v) is 9.57. The topological polar surface area (TPSA) is 108 Å². The number of rotatable bonds is 3. The Kier molecular flexibility index (Phi) is 4.28. The first kappa shape index (κ1) is 20.2. The van der Waals surface area contributed by atoms with Gasteiger partial charge < -0.3 is 28.8 Å². The summed E-state index contributed by atoms with van der Waals surface area (Å²) in [4.78, 5) is 37.4. The molecule has 164 valence electrons. The summed E-state index contributed by atoms with van der Waals surface area (Å²) in [5, 5.41) is 11.5. The highest BCUT2D eigenvalue weighted by Gasteiger charge is 2.77. The van der Waals surface area contributed by atoms with Crippen LogP contribution in [0.3, 0.4) is 0 Å². The molecule has 0 radical (unpaired) electrons. The van der Waals surface area contributed by atoms with Gasteiger partial charge in [0.15, 0.2) is 6.29 Å². The maximum absolute atomic E-state index is 12.9. The van der Waals surface area contributed by atoms with Gasteiger partial charge in [-0.15, -0.1) is 0 Å². The van der Waals surface area contributed by atoms with Gasteiger partial charge in [0.05, 0.1) is 7.11 Å². The fourth-order valence-electron chi connectivity index (χ4n) is 7.85. The van der Waals surface area contributed by atoms with E-state index in [9.17, 15) is 19.5 Å². The molecule has 2 aliphatic heterocycles. The van der Waals surface area contributed by atoms with Gasteiger partial charge in [0.25, 0.3) is 5.79 Å². The largest absolute Gasteiger partial charge is 0.468 e. The number of esters is 2. The summed E-state index contributed by atoms with van der Waals surface area (Å²) >= 11 is 0. The minimum Gasteiger partial charge on any atom is -0.468 e. The SMILES string of the molecule is COC(=O)[C@]1(C=O)CCC[C@]23[C@@H](OC)O[C@@H]4[C@H]2[C@@H](CC[C@H]31)[C@@H](C)C1=CC(=O)O[C@@]14O. The lowest BCUT2D eigenvalue weighted by Gasteiger charge is -2.60. The molecule has 9 atom stereocenters. The fourth-order valence-corrected chi connectivity index (χ4v) is 7.85. The highest BCUT2D eigenvalue weighted by molar-refractivity contribution is 5.94. The minimum absolute atomic E-state index is 0.0922. The first-order chi connectivity index (χ1) is 14.3. The Morgan fingerprint density at radius 2 is 2.07 bits per heavy atom. The third-order valence-electron chi connectivity index (χ3n) is 8.83. The van der Waals surface area contributed by atoms with E-state index >= 15 is 0 Å². The zero-order valence-corrected chi connectivity index (χ0v) is 17.5. The summed E-state index contributed by atoms with van der Waals surface area (Å²) < 4.78 is 22.6. The Morgan fingerprint density at radius 3 is 2.73 bits per heavy atom. The second-order valence-electron chi connectivity index (χ2n) is 9.57. The zero-order valence-electron chi connectivity index (χ0n) is 17.5. The molecular formula is C22H28O8. The normalized spacial score (nSPS) is 51.2. The molecule has 0 aromatic heterocycles. The third-order valence-corrected chi connectivity index (χ3v) is 8.83. The van der Waals surface area contributed by atoms with Crippen LogP contribution in [0.1, 0.15) is 39.0 Å². The molecule has 5 rings (SSSR count). The van der Waals surface area contributed by atoms with E-state index in [2.05, 4.69) is 0 Å². The molecule has 0 amide bonds. The van der Waals surface area contributed by atoms with E-state index in [0.717, 1.165) is 12.7 Å². The number of hydrogen-bond donors (Lipinski definition) is 1. The summed E-state index contributed by atoms with van der Waals surface area (Å²) in [5.41, 5.74) is -1.36. The van der Waals surface area contributed by atoms with Crippen LogP contribution in [0.5, 0.6) is 0 Å². The monoisotopic (exact) mass is 420 g/mol. The standard InChI is InChI=1S/C22H28O8/c1-11-12-5-6-14-20(10-23,18(25)27-2)7-4-8-21(14)16(12)17(29-19(21)28-3)22(26)13(11)9-15(24)30-22/h9-12,14,16-17,19,26H,4-8H2,1-3H3/t11-,12+,14+,16-,17-,19+,20+,21-,22+/m1/s1. The van der Waals surface area contributed by atoms with E-state index in [1.165, 1.54) is 20.3 Å². The van der Waals surface area contributed by atoms with Crippen molar-refractivity contribution in [2.24, 2.45) is 34.5 Å². The fraction of sp³-hybridized carbons (Fsp3) is 0.773. The average molecular weight is 420 g/mol. The lowest BCUT2D eigenvalue weighted by atomic mass is 9.42. The third kappa shape index (κ3) is 2.10. The van der Waals surface area contributed by atoms with E-state index in [0.29, 0.717) is 31.3 Å². The maximum atomic E-state index is 12.9. The number of hydrogen-bond acceptors (Lipinski definition) is 8. The van der Waals surface area contributed by atoms with Gasteiger partial charge in [0.2, 0.25) is 0 Å². The van der Waals surface area contributed by atoms with Gasteiger partial charge in [0, 0.05) is 30.1 Å². The predicted molar refractivity (Wildman–Crippen MR) is 100 cm³/mol. The molecule has 0 aromatic rings. The molecule has 2 heterocycles. The summed E-state index contributed by atoms with van der Waals surface area (Å²) in [6, 6.07) is 0. The van der Waals surface area contributed by atoms with Crippen LogP contribution >= 0.6 is 0 Å². The van der Waals surface area contributed by atoms with Crippen LogP contribution in [0.2, 0.25) is 0 Å². The van der Waals surface area contributed by atoms with Crippen molar-refractivity contribution in [1.29, 1.82) is 0 Å². The number of carbonyl (C=O) groups excluding carboxylic acids is 3. The van der Waals surface area contributed by atoms with Crippen LogP contribution in [0.4, 0.5) is 0 Å². The Hall–Kier alpha value is -1.77. The summed E-state index contributed by atoms with van der Waals surface area (Å²) in [7, 11) is 2.85. The molecule has 1 spiro atoms. The highest BCUT2D eigenvalue weighted by atomic mass is 16.7. The van der Waals surface area contributed by atoms with Crippen molar-refractivity contribution >= 4 is 18.2 Å². The van der Waals surface area contributed by atoms with Crippen LogP contribution in [0.25, 0.3) is 0 Å². The molecule has 4 fully saturated rings. The van der Waals surface area contributed by atoms with Gasteiger partial charge in [-0.1, -0.05) is 13.3 Å². The number of methoxy groups -OCH3 is 2. The second kappa shape index (κ2) is 6.37. The first-order valence-electron chi connectivity index (χ1n) is 10.7. The molecule has 1 saturated heterocycles. The first-order valence-corrected chi connectivity index (χ1v) is 10.7. The van der Waals surface area contributed by atoms with Crippen molar-refractivity contribution in [1.82, 2.24) is 0 Å². The summed E-state index contributed by atoms with van der Waals surface area (Å²) in [6.45, 7) is 2.00. The lowest BCUT2D eigenvalue weighted by molar-refractivity contribution is -0.259. The van der Waals surface area contributed by atoms with Crippen molar-refractivity contribution in [3.63, 3.8) is 0 Å². The zero-order chi connectivity index (χ0) is 21.5. The van der Waals surface area contributed by atoms with E-state index in [1.54, 1.807) is 0 Å². The van der Waals surface area contributed by atoms with Crippen molar-refractivity contribution in [3.05, 3.63) is 11.6 Å². The molecule has 5 aliphatic rings. The molecule has 30 heavy (non-hydrogen) atoms. The highest BCUT2D eigenvalue weighted by Crippen LogP contribution is 2.71. The van der Waals surface area contributed by atoms with Crippen molar-refractivity contribution in [3.8, 4) is 0 Å². The minimum atomic E-state index is -1.84. The van der Waals surface area contributed by atoms with Crippen molar-refractivity contribution in [2.45, 2.75) is 57.2 Å². The molecule has 3 aliphatic carbocycles. The molecular weight excluding hydrogens is 392 g/mol. The Balaban J connectivity index is 1.69. The maximum Gasteiger partial charge on any atom is 0.333 e. The Morgan fingerprint density at radius 1 is 1.30 bits per heavy atom. The lowest BCUT2D eigenvalue weighted by Crippen LogP contribution is -2.65. The Labute approximate surface area is 174 Å². The van der Waals surface area contributed by atoms with Gasteiger partial charge in [-0.25, -0.2) is 4.79 Å². The molecule has 1 N–H and O–H groups in total. The number of aliphatic hydroxyl groups is 1. The summed E-state index contributed by atoms with van der Waals surface area (Å²) in [5.74, 6) is -3.46. The smallest absolute Gasteiger partial charge is 0.333 e. The van der Waals surface area contributed by atoms with Crippen LogP contribution in [-0.4, -0.2) is 55.7 Å². The Bertz CT molecular complexity index is 837. The van der Waals surface area contributed by atoms with Crippen LogP contribution in [0, 0.1) is 34.5 Å². The molecule has 0 bridgehead atoms. The van der Waals surface area contributed by atoms with Crippen LogP contribution < -0.4 is 0 Å². The van der Waals surface area contributed by atoms with Gasteiger partial charge in [-0.3, -0.25) is 4.79 Å². The van der Waals surface area contributed by atoms with Crippen molar-refractivity contribution < 1.29 is 38.4 Å². The number of ether oxygens (including phenoxy) is 4. The van der Waals surface area contributed by atoms with E-state index in [-0.39, 0.29) is 23.7 Å². The van der Waals surface area contributed by atoms with E-state index < -0.39 is 40.9 Å². The average Bonchev–Trinajstić information content (AvgIpc) is 3.25. The number of aldehydes is 1. The van der Waals surface area contributed by atoms with Gasteiger partial charge in [-0.05, 0) is 43.4 Å². The molecule has 3 saturated carbocycles. The predicted octanol–water partition coefficient (Wildman–Crippen LogP) is 1.35. The van der Waals surface area contributed by atoms with Gasteiger partial charge >= 0.3 is 11.9 Å². The van der Waals surface area contributed by atoms with Crippen LogP contribution in [0.15, 0.2) is 11.6 Å². The van der Waals surface area contributed by atoms with Gasteiger partial charge in [0.1, 0.15) is 17.8 Å². The van der Waals surface area contributed by atoms with E-state index in [4.69, 9.17) is 18.9 Å². The van der Waals surface area contributed by atoms with E-state index in [1.807, 2.05) is 6.92 Å². The van der Waals surface area contributed by atoms with Gasteiger partial charge in [-0.2, -0.15) is 0 Å².